The van der Waals surface area contributed by atoms with E-state index in [9.17, 15) is 4.79 Å². The first-order valence-corrected chi connectivity index (χ1v) is 7.71. The van der Waals surface area contributed by atoms with Crippen molar-refractivity contribution in [2.45, 2.75) is 25.7 Å². The van der Waals surface area contributed by atoms with Crippen LogP contribution in [0.15, 0.2) is 24.3 Å². The van der Waals surface area contributed by atoms with Gasteiger partial charge in [0.15, 0.2) is 0 Å². The Morgan fingerprint density at radius 2 is 1.85 bits per heavy atom. The van der Waals surface area contributed by atoms with Gasteiger partial charge < -0.3 is 10.2 Å². The number of rotatable bonds is 5. The molecule has 1 N–H and O–H groups in total. The van der Waals surface area contributed by atoms with Gasteiger partial charge in [0.2, 0.25) is 0 Å². The maximum absolute atomic E-state index is 12.2. The maximum Gasteiger partial charge on any atom is 0.251 e. The number of amides is 1. The van der Waals surface area contributed by atoms with Gasteiger partial charge in [0.05, 0.1) is 0 Å². The van der Waals surface area contributed by atoms with E-state index in [1.165, 1.54) is 12.8 Å². The molecule has 1 aromatic rings. The first kappa shape index (κ1) is 15.2. The van der Waals surface area contributed by atoms with E-state index in [4.69, 9.17) is 11.6 Å². The average Bonchev–Trinajstić information content (AvgIpc) is 2.94. The number of carbonyl (C=O) groups excluding carboxylic acids is 1. The molecule has 3 nitrogen and oxygen atoms in total. The van der Waals surface area contributed by atoms with Gasteiger partial charge in [0.25, 0.3) is 5.91 Å². The summed E-state index contributed by atoms with van der Waals surface area (Å²) >= 11 is 6.09. The Labute approximate surface area is 126 Å². The zero-order valence-corrected chi connectivity index (χ0v) is 13.0. The normalized spacial score (nSPS) is 16.9. The van der Waals surface area contributed by atoms with Crippen molar-refractivity contribution in [3.05, 3.63) is 29.8 Å². The van der Waals surface area contributed by atoms with Crippen LogP contribution in [0, 0.1) is 5.41 Å². The molecule has 0 aromatic heterocycles. The lowest BCUT2D eigenvalue weighted by molar-refractivity contribution is 0.0935. The fourth-order valence-electron chi connectivity index (χ4n) is 2.76. The molecule has 1 saturated carbocycles. The molecule has 20 heavy (non-hydrogen) atoms. The van der Waals surface area contributed by atoms with E-state index in [2.05, 4.69) is 5.32 Å². The Morgan fingerprint density at radius 3 is 2.35 bits per heavy atom. The van der Waals surface area contributed by atoms with Crippen LogP contribution in [-0.2, 0) is 0 Å². The number of benzene rings is 1. The summed E-state index contributed by atoms with van der Waals surface area (Å²) in [7, 11) is 3.97. The molecular weight excluding hydrogens is 272 g/mol. The largest absolute Gasteiger partial charge is 0.378 e. The summed E-state index contributed by atoms with van der Waals surface area (Å²) < 4.78 is 0. The lowest BCUT2D eigenvalue weighted by atomic mass is 9.88. The van der Waals surface area contributed by atoms with Gasteiger partial charge in [0, 0.05) is 43.2 Å². The highest BCUT2D eigenvalue weighted by Crippen LogP contribution is 2.38. The third kappa shape index (κ3) is 3.45. The van der Waals surface area contributed by atoms with Gasteiger partial charge in [0.1, 0.15) is 0 Å². The van der Waals surface area contributed by atoms with Gasteiger partial charge in [-0.25, -0.2) is 0 Å². The number of anilines is 1. The molecule has 0 bridgehead atoms. The van der Waals surface area contributed by atoms with Crippen molar-refractivity contribution in [1.29, 1.82) is 0 Å². The van der Waals surface area contributed by atoms with Gasteiger partial charge in [-0.3, -0.25) is 4.79 Å². The second-order valence-electron chi connectivity index (χ2n) is 5.96. The minimum absolute atomic E-state index is 0.00769. The van der Waals surface area contributed by atoms with E-state index in [0.29, 0.717) is 18.0 Å². The van der Waals surface area contributed by atoms with E-state index in [-0.39, 0.29) is 11.3 Å². The van der Waals surface area contributed by atoms with Crippen molar-refractivity contribution in [3.63, 3.8) is 0 Å². The average molecular weight is 295 g/mol. The minimum Gasteiger partial charge on any atom is -0.378 e. The topological polar surface area (TPSA) is 32.3 Å². The number of hydrogen-bond donors (Lipinski definition) is 1. The number of halogens is 1. The van der Waals surface area contributed by atoms with E-state index < -0.39 is 0 Å². The number of hydrogen-bond acceptors (Lipinski definition) is 2. The molecule has 0 heterocycles. The van der Waals surface area contributed by atoms with Gasteiger partial charge in [-0.2, -0.15) is 0 Å². The maximum atomic E-state index is 12.2. The van der Waals surface area contributed by atoms with Gasteiger partial charge in [-0.05, 0) is 37.1 Å². The third-order valence-electron chi connectivity index (χ3n) is 4.22. The Kier molecular flexibility index (Phi) is 4.92. The highest BCUT2D eigenvalue weighted by Gasteiger charge is 2.33. The second-order valence-corrected chi connectivity index (χ2v) is 6.23. The number of carbonyl (C=O) groups is 1. The summed E-state index contributed by atoms with van der Waals surface area (Å²) in [5.41, 5.74) is 1.91. The van der Waals surface area contributed by atoms with Crippen LogP contribution in [0.3, 0.4) is 0 Å². The van der Waals surface area contributed by atoms with Crippen molar-refractivity contribution in [2.24, 2.45) is 5.41 Å². The molecule has 110 valence electrons. The van der Waals surface area contributed by atoms with Crippen molar-refractivity contribution in [3.8, 4) is 0 Å². The Bertz CT molecular complexity index is 450. The van der Waals surface area contributed by atoms with Gasteiger partial charge in [-0.1, -0.05) is 12.8 Å². The zero-order chi connectivity index (χ0) is 14.6. The lowest BCUT2D eigenvalue weighted by Crippen LogP contribution is -2.37. The van der Waals surface area contributed by atoms with Crippen molar-refractivity contribution in [1.82, 2.24) is 5.32 Å². The molecule has 1 amide bonds. The summed E-state index contributed by atoms with van der Waals surface area (Å²) in [6.07, 6.45) is 4.69. The lowest BCUT2D eigenvalue weighted by Gasteiger charge is -2.26. The van der Waals surface area contributed by atoms with Crippen LogP contribution in [0.25, 0.3) is 0 Å². The SMILES string of the molecule is CN(C)c1ccc(C(=O)NCC2(CCl)CCCC2)cc1. The van der Waals surface area contributed by atoms with Gasteiger partial charge >= 0.3 is 0 Å². The highest BCUT2D eigenvalue weighted by molar-refractivity contribution is 6.18. The fraction of sp³-hybridized carbons (Fsp3) is 0.562. The Balaban J connectivity index is 1.94. The molecule has 0 radical (unpaired) electrons. The first-order valence-electron chi connectivity index (χ1n) is 7.18. The Hall–Kier alpha value is -1.22. The monoisotopic (exact) mass is 294 g/mol. The van der Waals surface area contributed by atoms with Crippen LogP contribution < -0.4 is 10.2 Å². The summed E-state index contributed by atoms with van der Waals surface area (Å²) in [6, 6.07) is 7.66. The molecule has 0 saturated heterocycles. The van der Waals surface area contributed by atoms with Gasteiger partial charge in [-0.15, -0.1) is 11.6 Å². The quantitative estimate of drug-likeness (QED) is 0.845. The molecule has 1 fully saturated rings. The van der Waals surface area contributed by atoms with Crippen molar-refractivity contribution in [2.75, 3.05) is 31.4 Å². The Morgan fingerprint density at radius 1 is 1.25 bits per heavy atom. The molecule has 0 unspecified atom stereocenters. The summed E-state index contributed by atoms with van der Waals surface area (Å²) in [5.74, 6) is 0.624. The third-order valence-corrected chi connectivity index (χ3v) is 4.78. The van der Waals surface area contributed by atoms with E-state index in [0.717, 1.165) is 18.5 Å². The number of alkyl halides is 1. The van der Waals surface area contributed by atoms with Crippen LogP contribution in [0.2, 0.25) is 0 Å². The first-order chi connectivity index (χ1) is 9.56. The van der Waals surface area contributed by atoms with Crippen LogP contribution in [-0.4, -0.2) is 32.4 Å². The molecule has 0 spiro atoms. The van der Waals surface area contributed by atoms with E-state index in [1.807, 2.05) is 43.3 Å². The smallest absolute Gasteiger partial charge is 0.251 e. The van der Waals surface area contributed by atoms with Crippen LogP contribution >= 0.6 is 11.6 Å². The van der Waals surface area contributed by atoms with Crippen LogP contribution in [0.5, 0.6) is 0 Å². The molecular formula is C16H23ClN2O. The molecule has 0 aliphatic heterocycles. The molecule has 4 heteroatoms. The summed E-state index contributed by atoms with van der Waals surface area (Å²) in [6.45, 7) is 0.685. The standard InChI is InChI=1S/C16H23ClN2O/c1-19(2)14-7-5-13(6-8-14)15(20)18-12-16(11-17)9-3-4-10-16/h5-8H,3-4,9-12H2,1-2H3,(H,18,20). The zero-order valence-electron chi connectivity index (χ0n) is 12.3. The molecule has 1 aliphatic carbocycles. The fourth-order valence-corrected chi connectivity index (χ4v) is 3.13. The second kappa shape index (κ2) is 6.49. The van der Waals surface area contributed by atoms with E-state index >= 15 is 0 Å². The molecule has 1 aromatic carbocycles. The summed E-state index contributed by atoms with van der Waals surface area (Å²) in [5, 5.41) is 3.04. The predicted molar refractivity (Wildman–Crippen MR) is 84.7 cm³/mol. The van der Waals surface area contributed by atoms with Crippen LogP contribution in [0.4, 0.5) is 5.69 Å². The van der Waals surface area contributed by atoms with E-state index in [1.54, 1.807) is 0 Å². The number of nitrogens with zero attached hydrogens (tertiary/aromatic N) is 1. The molecule has 2 rings (SSSR count). The van der Waals surface area contributed by atoms with Crippen LogP contribution in [0.1, 0.15) is 36.0 Å². The minimum atomic E-state index is -0.00769. The predicted octanol–water partition coefficient (Wildman–Crippen LogP) is 3.28. The highest BCUT2D eigenvalue weighted by atomic mass is 35.5. The van der Waals surface area contributed by atoms with Crippen molar-refractivity contribution < 1.29 is 4.79 Å². The molecule has 0 atom stereocenters. The van der Waals surface area contributed by atoms with Crippen molar-refractivity contribution >= 4 is 23.2 Å². The molecule has 1 aliphatic rings. The summed E-state index contributed by atoms with van der Waals surface area (Å²) in [4.78, 5) is 14.2. The number of nitrogens with one attached hydrogen (secondary N) is 1.